The summed E-state index contributed by atoms with van der Waals surface area (Å²) in [5, 5.41) is 4.47. The molecule has 6 heteroatoms. The molecule has 5 nitrogen and oxygen atoms in total. The Kier molecular flexibility index (Phi) is 3.63. The van der Waals surface area contributed by atoms with Crippen molar-refractivity contribution in [2.45, 2.75) is 26.4 Å². The van der Waals surface area contributed by atoms with Crippen LogP contribution in [0.15, 0.2) is 16.9 Å². The summed E-state index contributed by atoms with van der Waals surface area (Å²) in [6, 6.07) is 0. The molecular weight excluding hydrogens is 282 g/mol. The number of hydrogen-bond donors (Lipinski definition) is 1. The monoisotopic (exact) mass is 297 g/mol. The fourth-order valence-corrected chi connectivity index (χ4v) is 2.57. The molecule has 0 spiro atoms. The molecule has 2 N–H and O–H groups in total. The minimum atomic E-state index is 0.448. The van der Waals surface area contributed by atoms with Gasteiger partial charge in [-0.25, -0.2) is 4.98 Å². The Morgan fingerprint density at radius 1 is 1.47 bits per heavy atom. The van der Waals surface area contributed by atoms with Crippen LogP contribution >= 0.6 is 15.9 Å². The van der Waals surface area contributed by atoms with Gasteiger partial charge in [-0.15, -0.1) is 0 Å². The maximum absolute atomic E-state index is 5.64. The van der Waals surface area contributed by atoms with Gasteiger partial charge in [-0.1, -0.05) is 6.92 Å². The summed E-state index contributed by atoms with van der Waals surface area (Å²) < 4.78 is 5.03. The number of aryl methyl sites for hydroxylation is 2. The molecule has 0 aliphatic rings. The summed E-state index contributed by atoms with van der Waals surface area (Å²) in [5.41, 5.74) is 7.85. The Morgan fingerprint density at radius 3 is 2.82 bits per heavy atom. The largest absolute Gasteiger partial charge is 0.328 e. The molecule has 0 aliphatic carbocycles. The molecule has 0 saturated heterocycles. The molecule has 0 fully saturated rings. The SMILES string of the molecule is CCc1nn(C)c(Cn2ccnc2CN)c1Br. The van der Waals surface area contributed by atoms with Crippen LogP contribution in [0.5, 0.6) is 0 Å². The predicted molar refractivity (Wildman–Crippen MR) is 69.5 cm³/mol. The lowest BCUT2D eigenvalue weighted by atomic mass is 10.3. The van der Waals surface area contributed by atoms with Crippen molar-refractivity contribution < 1.29 is 0 Å². The third-order valence-electron chi connectivity index (χ3n) is 2.81. The van der Waals surface area contributed by atoms with Crippen LogP contribution in [0.2, 0.25) is 0 Å². The van der Waals surface area contributed by atoms with Crippen LogP contribution in [0, 0.1) is 0 Å². The molecule has 0 amide bonds. The van der Waals surface area contributed by atoms with Crippen molar-refractivity contribution in [1.82, 2.24) is 19.3 Å². The van der Waals surface area contributed by atoms with E-state index in [0.717, 1.165) is 34.7 Å². The zero-order chi connectivity index (χ0) is 12.4. The van der Waals surface area contributed by atoms with E-state index in [0.29, 0.717) is 6.54 Å². The van der Waals surface area contributed by atoms with Crippen LogP contribution in [0.25, 0.3) is 0 Å². The highest BCUT2D eigenvalue weighted by atomic mass is 79.9. The number of aromatic nitrogens is 4. The quantitative estimate of drug-likeness (QED) is 0.929. The summed E-state index contributed by atoms with van der Waals surface area (Å²) >= 11 is 3.61. The van der Waals surface area contributed by atoms with Gasteiger partial charge < -0.3 is 10.3 Å². The summed E-state index contributed by atoms with van der Waals surface area (Å²) in [6.07, 6.45) is 4.63. The molecule has 0 saturated carbocycles. The van der Waals surface area contributed by atoms with Crippen LogP contribution in [0.1, 0.15) is 24.1 Å². The molecule has 0 bridgehead atoms. The van der Waals surface area contributed by atoms with Gasteiger partial charge in [-0.2, -0.15) is 5.10 Å². The maximum Gasteiger partial charge on any atom is 0.122 e. The number of nitrogens with zero attached hydrogens (tertiary/aromatic N) is 4. The van der Waals surface area contributed by atoms with Crippen molar-refractivity contribution in [3.8, 4) is 0 Å². The first kappa shape index (κ1) is 12.3. The first-order valence-corrected chi connectivity index (χ1v) is 6.37. The van der Waals surface area contributed by atoms with Gasteiger partial charge in [0.2, 0.25) is 0 Å². The highest BCUT2D eigenvalue weighted by Crippen LogP contribution is 2.22. The van der Waals surface area contributed by atoms with Crippen molar-refractivity contribution in [1.29, 1.82) is 0 Å². The minimum absolute atomic E-state index is 0.448. The molecule has 17 heavy (non-hydrogen) atoms. The van der Waals surface area contributed by atoms with E-state index in [1.807, 2.05) is 22.5 Å². The molecule has 92 valence electrons. The van der Waals surface area contributed by atoms with Gasteiger partial charge in [-0.05, 0) is 22.4 Å². The van der Waals surface area contributed by atoms with E-state index in [-0.39, 0.29) is 0 Å². The van der Waals surface area contributed by atoms with Gasteiger partial charge >= 0.3 is 0 Å². The van der Waals surface area contributed by atoms with E-state index in [4.69, 9.17) is 5.73 Å². The molecule has 2 heterocycles. The summed E-state index contributed by atoms with van der Waals surface area (Å²) in [5.74, 6) is 0.885. The molecular formula is C11H16BrN5. The second-order valence-corrected chi connectivity index (χ2v) is 4.65. The average molecular weight is 298 g/mol. The van der Waals surface area contributed by atoms with E-state index in [1.165, 1.54) is 0 Å². The highest BCUT2D eigenvalue weighted by molar-refractivity contribution is 9.10. The Hall–Kier alpha value is -1.14. The minimum Gasteiger partial charge on any atom is -0.328 e. The highest BCUT2D eigenvalue weighted by Gasteiger charge is 2.13. The van der Waals surface area contributed by atoms with E-state index in [1.54, 1.807) is 6.20 Å². The molecule has 2 rings (SSSR count). The summed E-state index contributed by atoms with van der Waals surface area (Å²) in [7, 11) is 1.96. The zero-order valence-corrected chi connectivity index (χ0v) is 11.6. The molecule has 2 aromatic rings. The Balaban J connectivity index is 2.33. The van der Waals surface area contributed by atoms with E-state index < -0.39 is 0 Å². The van der Waals surface area contributed by atoms with E-state index in [9.17, 15) is 0 Å². The number of rotatable bonds is 4. The molecule has 0 unspecified atom stereocenters. The van der Waals surface area contributed by atoms with Gasteiger partial charge in [0.25, 0.3) is 0 Å². The van der Waals surface area contributed by atoms with Crippen LogP contribution in [-0.4, -0.2) is 19.3 Å². The van der Waals surface area contributed by atoms with Crippen LogP contribution in [-0.2, 0) is 26.6 Å². The van der Waals surface area contributed by atoms with Crippen molar-refractivity contribution in [2.24, 2.45) is 12.8 Å². The standard InChI is InChI=1S/C11H16BrN5/c1-3-8-11(12)9(16(2)15-8)7-17-5-4-14-10(17)6-13/h4-5H,3,6-7,13H2,1-2H3. The molecule has 0 aliphatic heterocycles. The van der Waals surface area contributed by atoms with Gasteiger partial charge in [0.05, 0.1) is 29.0 Å². The Morgan fingerprint density at radius 2 is 2.24 bits per heavy atom. The Bertz CT molecular complexity index is 514. The second kappa shape index (κ2) is 5.01. The smallest absolute Gasteiger partial charge is 0.122 e. The molecule has 0 atom stereocenters. The maximum atomic E-state index is 5.64. The van der Waals surface area contributed by atoms with Gasteiger partial charge in [0.1, 0.15) is 5.82 Å². The van der Waals surface area contributed by atoms with Gasteiger partial charge in [-0.3, -0.25) is 4.68 Å². The third kappa shape index (κ3) is 2.28. The number of imidazole rings is 1. The fraction of sp³-hybridized carbons (Fsp3) is 0.455. The zero-order valence-electron chi connectivity index (χ0n) is 10.0. The Labute approximate surface area is 109 Å². The molecule has 2 aromatic heterocycles. The lowest BCUT2D eigenvalue weighted by Crippen LogP contribution is -2.11. The van der Waals surface area contributed by atoms with Gasteiger partial charge in [0, 0.05) is 19.4 Å². The number of nitrogens with two attached hydrogens (primary N) is 1. The first-order chi connectivity index (χ1) is 8.17. The second-order valence-electron chi connectivity index (χ2n) is 3.86. The first-order valence-electron chi connectivity index (χ1n) is 5.57. The number of hydrogen-bond acceptors (Lipinski definition) is 3. The van der Waals surface area contributed by atoms with Crippen molar-refractivity contribution >= 4 is 15.9 Å². The molecule has 0 radical (unpaired) electrons. The lowest BCUT2D eigenvalue weighted by Gasteiger charge is -2.07. The average Bonchev–Trinajstić information content (AvgIpc) is 2.88. The van der Waals surface area contributed by atoms with Crippen molar-refractivity contribution in [3.63, 3.8) is 0 Å². The summed E-state index contributed by atoms with van der Waals surface area (Å²) in [4.78, 5) is 4.21. The van der Waals surface area contributed by atoms with Crippen LogP contribution in [0.4, 0.5) is 0 Å². The van der Waals surface area contributed by atoms with Crippen molar-refractivity contribution in [2.75, 3.05) is 0 Å². The number of halogens is 1. The molecule has 0 aromatic carbocycles. The normalized spacial score (nSPS) is 11.1. The van der Waals surface area contributed by atoms with Crippen LogP contribution in [0.3, 0.4) is 0 Å². The third-order valence-corrected chi connectivity index (χ3v) is 3.72. The topological polar surface area (TPSA) is 61.7 Å². The van der Waals surface area contributed by atoms with Gasteiger partial charge in [0.15, 0.2) is 0 Å². The van der Waals surface area contributed by atoms with Crippen molar-refractivity contribution in [3.05, 3.63) is 34.1 Å². The van der Waals surface area contributed by atoms with E-state index >= 15 is 0 Å². The van der Waals surface area contributed by atoms with E-state index in [2.05, 4.69) is 32.9 Å². The lowest BCUT2D eigenvalue weighted by molar-refractivity contribution is 0.639. The fourth-order valence-electron chi connectivity index (χ4n) is 1.83. The predicted octanol–water partition coefficient (Wildman–Crippen LogP) is 1.45. The van der Waals surface area contributed by atoms with Crippen LogP contribution < -0.4 is 5.73 Å². The summed E-state index contributed by atoms with van der Waals surface area (Å²) in [6.45, 7) is 3.28.